The zero-order valence-electron chi connectivity index (χ0n) is 18.6. The van der Waals surface area contributed by atoms with Gasteiger partial charge < -0.3 is 0 Å². The summed E-state index contributed by atoms with van der Waals surface area (Å²) in [4.78, 5) is 14.3. The topological polar surface area (TPSA) is 38.7 Å². The monoisotopic (exact) mass is 419 g/mol. The molecule has 0 saturated heterocycles. The number of benzene rings is 1. The summed E-state index contributed by atoms with van der Waals surface area (Å²) in [6, 6.07) is 8.80. The van der Waals surface area contributed by atoms with Crippen LogP contribution in [-0.2, 0) is 5.41 Å². The highest BCUT2D eigenvalue weighted by Gasteiger charge is 2.26. The van der Waals surface area contributed by atoms with Crippen molar-refractivity contribution in [3.63, 3.8) is 0 Å². The van der Waals surface area contributed by atoms with Gasteiger partial charge in [0.2, 0.25) is 0 Å². The Morgan fingerprint density at radius 3 is 2.31 bits per heavy atom. The van der Waals surface area contributed by atoms with Crippen LogP contribution in [0, 0.1) is 13.8 Å². The lowest BCUT2D eigenvalue weighted by Gasteiger charge is -2.22. The van der Waals surface area contributed by atoms with E-state index in [2.05, 4.69) is 83.5 Å². The van der Waals surface area contributed by atoms with Gasteiger partial charge in [-0.3, -0.25) is 4.98 Å². The van der Waals surface area contributed by atoms with Crippen molar-refractivity contribution in [1.29, 1.82) is 0 Å². The third-order valence-electron chi connectivity index (χ3n) is 5.40. The average Bonchev–Trinajstić information content (AvgIpc) is 2.97. The van der Waals surface area contributed by atoms with Crippen molar-refractivity contribution >= 4 is 45.0 Å². The SMILES string of the molecule is Cc1ccc2cc(-c3ncnc4c(C)c([Si](C)(C)C)sc34)cc(C(C)(C)C)c2n1. The molecule has 0 unspecified atom stereocenters. The summed E-state index contributed by atoms with van der Waals surface area (Å²) in [6.07, 6.45) is 1.72. The highest BCUT2D eigenvalue weighted by atomic mass is 32.1. The van der Waals surface area contributed by atoms with Crippen LogP contribution in [0.5, 0.6) is 0 Å². The average molecular weight is 420 g/mol. The normalized spacial score (nSPS) is 12.8. The van der Waals surface area contributed by atoms with Gasteiger partial charge in [-0.05, 0) is 53.1 Å². The number of rotatable bonds is 2. The first-order valence-corrected chi connectivity index (χ1v) is 14.5. The largest absolute Gasteiger partial charge is 0.253 e. The molecule has 3 nitrogen and oxygen atoms in total. The first-order valence-electron chi connectivity index (χ1n) is 10.1. The third kappa shape index (κ3) is 3.51. The number of thiophene rings is 1. The molecule has 0 bridgehead atoms. The van der Waals surface area contributed by atoms with E-state index in [1.165, 1.54) is 25.7 Å². The maximum atomic E-state index is 4.87. The van der Waals surface area contributed by atoms with Crippen LogP contribution in [0.25, 0.3) is 32.4 Å². The molecule has 0 spiro atoms. The molecular weight excluding hydrogens is 390 g/mol. The summed E-state index contributed by atoms with van der Waals surface area (Å²) in [7, 11) is -1.43. The van der Waals surface area contributed by atoms with Crippen LogP contribution >= 0.6 is 11.3 Å². The van der Waals surface area contributed by atoms with Crippen LogP contribution in [0.4, 0.5) is 0 Å². The molecule has 3 aromatic heterocycles. The van der Waals surface area contributed by atoms with E-state index < -0.39 is 8.07 Å². The Morgan fingerprint density at radius 1 is 0.931 bits per heavy atom. The van der Waals surface area contributed by atoms with Crippen molar-refractivity contribution in [2.75, 3.05) is 0 Å². The third-order valence-corrected chi connectivity index (χ3v) is 10.4. The summed E-state index contributed by atoms with van der Waals surface area (Å²) in [6.45, 7) is 18.2. The fourth-order valence-corrected chi connectivity index (χ4v) is 7.78. The fourth-order valence-electron chi connectivity index (χ4n) is 3.99. The van der Waals surface area contributed by atoms with Gasteiger partial charge >= 0.3 is 0 Å². The van der Waals surface area contributed by atoms with Crippen LogP contribution in [-0.4, -0.2) is 23.0 Å². The molecule has 0 aliphatic heterocycles. The highest BCUT2D eigenvalue weighted by molar-refractivity contribution is 7.32. The van der Waals surface area contributed by atoms with Crippen LogP contribution in [0.2, 0.25) is 19.6 Å². The van der Waals surface area contributed by atoms with Gasteiger partial charge in [-0.1, -0.05) is 46.5 Å². The summed E-state index contributed by atoms with van der Waals surface area (Å²) in [5.41, 5.74) is 8.05. The maximum Gasteiger partial charge on any atom is 0.116 e. The predicted octanol–water partition coefficient (Wildman–Crippen LogP) is 6.37. The van der Waals surface area contributed by atoms with Crippen molar-refractivity contribution in [2.24, 2.45) is 0 Å². The number of nitrogens with zero attached hydrogens (tertiary/aromatic N) is 3. The second-order valence-corrected chi connectivity index (χ2v) is 16.4. The smallest absolute Gasteiger partial charge is 0.116 e. The van der Waals surface area contributed by atoms with E-state index in [1.54, 1.807) is 6.33 Å². The van der Waals surface area contributed by atoms with E-state index in [-0.39, 0.29) is 5.41 Å². The number of fused-ring (bicyclic) bond motifs is 2. The van der Waals surface area contributed by atoms with E-state index in [9.17, 15) is 0 Å². The van der Waals surface area contributed by atoms with Gasteiger partial charge in [-0.25, -0.2) is 9.97 Å². The van der Waals surface area contributed by atoms with Gasteiger partial charge in [-0.2, -0.15) is 0 Å². The Balaban J connectivity index is 2.05. The Bertz CT molecular complexity index is 1240. The second kappa shape index (κ2) is 6.71. The molecule has 0 aliphatic rings. The molecular formula is C24H29N3SSi. The first kappa shape index (κ1) is 20.2. The molecule has 5 heteroatoms. The van der Waals surface area contributed by atoms with E-state index in [0.29, 0.717) is 0 Å². The summed E-state index contributed by atoms with van der Waals surface area (Å²) < 4.78 is 2.73. The van der Waals surface area contributed by atoms with Crippen LogP contribution in [0.1, 0.15) is 37.6 Å². The molecule has 0 atom stereocenters. The summed E-state index contributed by atoms with van der Waals surface area (Å²) in [5.74, 6) is 0. The quantitative estimate of drug-likeness (QED) is 0.355. The number of pyridine rings is 1. The standard InChI is InChI=1S/C24H29N3SSi/c1-14-9-10-16-11-17(12-18(20(16)27-14)24(3,4)5)21-22-19(25-13-26-21)15(2)23(28-22)29(6,7)8/h9-13H,1-8H3. The van der Waals surface area contributed by atoms with Crippen molar-refractivity contribution in [2.45, 2.75) is 59.7 Å². The molecule has 150 valence electrons. The van der Waals surface area contributed by atoms with Crippen molar-refractivity contribution in [3.05, 3.63) is 47.4 Å². The Labute approximate surface area is 178 Å². The minimum Gasteiger partial charge on any atom is -0.253 e. The minimum absolute atomic E-state index is 0.00392. The molecule has 4 rings (SSSR count). The molecule has 0 aliphatic carbocycles. The zero-order chi connectivity index (χ0) is 21.1. The first-order chi connectivity index (χ1) is 13.5. The molecule has 0 N–H and O–H groups in total. The second-order valence-electron chi connectivity index (χ2n) is 10.0. The number of aromatic nitrogens is 3. The van der Waals surface area contributed by atoms with Crippen molar-refractivity contribution in [1.82, 2.24) is 15.0 Å². The zero-order valence-corrected chi connectivity index (χ0v) is 20.5. The minimum atomic E-state index is -1.43. The Kier molecular flexibility index (Phi) is 4.67. The Morgan fingerprint density at radius 2 is 1.66 bits per heavy atom. The van der Waals surface area contributed by atoms with Gasteiger partial charge in [0.05, 0.1) is 29.5 Å². The number of hydrogen-bond acceptors (Lipinski definition) is 4. The maximum absolute atomic E-state index is 4.87. The molecule has 0 amide bonds. The molecule has 0 fully saturated rings. The predicted molar refractivity (Wildman–Crippen MR) is 129 cm³/mol. The lowest BCUT2D eigenvalue weighted by molar-refractivity contribution is 0.594. The van der Waals surface area contributed by atoms with E-state index in [4.69, 9.17) is 9.97 Å². The van der Waals surface area contributed by atoms with E-state index >= 15 is 0 Å². The Hall–Kier alpha value is -2.11. The molecule has 1 aromatic carbocycles. The van der Waals surface area contributed by atoms with Gasteiger partial charge in [0.15, 0.2) is 0 Å². The van der Waals surface area contributed by atoms with Gasteiger partial charge in [-0.15, -0.1) is 11.3 Å². The van der Waals surface area contributed by atoms with Crippen molar-refractivity contribution < 1.29 is 0 Å². The molecule has 0 radical (unpaired) electrons. The van der Waals surface area contributed by atoms with E-state index in [0.717, 1.165) is 28.0 Å². The fraction of sp³-hybridized carbons (Fsp3) is 0.375. The van der Waals surface area contributed by atoms with Crippen molar-refractivity contribution in [3.8, 4) is 11.3 Å². The van der Waals surface area contributed by atoms with Crippen LogP contribution < -0.4 is 4.50 Å². The molecule has 0 saturated carbocycles. The molecule has 3 heterocycles. The van der Waals surface area contributed by atoms with Crippen LogP contribution in [0.15, 0.2) is 30.6 Å². The molecule has 4 aromatic rings. The summed E-state index contributed by atoms with van der Waals surface area (Å²) in [5, 5.41) is 1.17. The van der Waals surface area contributed by atoms with Crippen LogP contribution in [0.3, 0.4) is 0 Å². The number of aryl methyl sites for hydroxylation is 2. The number of hydrogen-bond donors (Lipinski definition) is 0. The van der Waals surface area contributed by atoms with Gasteiger partial charge in [0, 0.05) is 16.6 Å². The van der Waals surface area contributed by atoms with Gasteiger partial charge in [0.25, 0.3) is 0 Å². The van der Waals surface area contributed by atoms with E-state index in [1.807, 2.05) is 11.3 Å². The van der Waals surface area contributed by atoms with Gasteiger partial charge in [0.1, 0.15) is 6.33 Å². The summed E-state index contributed by atoms with van der Waals surface area (Å²) >= 11 is 1.89. The molecule has 29 heavy (non-hydrogen) atoms. The lowest BCUT2D eigenvalue weighted by atomic mass is 9.84. The lowest BCUT2D eigenvalue weighted by Crippen LogP contribution is -2.36. The highest BCUT2D eigenvalue weighted by Crippen LogP contribution is 2.37.